The average molecular weight is 424 g/mol. The van der Waals surface area contributed by atoms with Gasteiger partial charge in [0.05, 0.1) is 17.0 Å². The number of aryl methyl sites for hydroxylation is 1. The monoisotopic (exact) mass is 423 g/mol. The Morgan fingerprint density at radius 1 is 1.07 bits per heavy atom. The second-order valence-electron chi connectivity index (χ2n) is 7.05. The minimum Gasteiger partial charge on any atom is -0.491 e. The lowest BCUT2D eigenvalue weighted by molar-refractivity contribution is -0.138. The van der Waals surface area contributed by atoms with E-state index in [1.54, 1.807) is 18.0 Å². The lowest BCUT2D eigenvalue weighted by Gasteiger charge is -2.16. The van der Waals surface area contributed by atoms with E-state index in [2.05, 4.69) is 31.2 Å². The molecular weight excluding hydrogens is 398 g/mol. The second-order valence-corrected chi connectivity index (χ2v) is 8.00. The predicted molar refractivity (Wildman–Crippen MR) is 120 cm³/mol. The van der Waals surface area contributed by atoms with E-state index >= 15 is 0 Å². The molecule has 0 atom stereocenters. The van der Waals surface area contributed by atoms with E-state index in [1.807, 2.05) is 29.6 Å². The molecule has 2 aromatic carbocycles. The van der Waals surface area contributed by atoms with Crippen LogP contribution in [-0.4, -0.2) is 48.5 Å². The van der Waals surface area contributed by atoms with Gasteiger partial charge in [0.15, 0.2) is 0 Å². The van der Waals surface area contributed by atoms with Gasteiger partial charge in [0.2, 0.25) is 5.78 Å². The van der Waals surface area contributed by atoms with Crippen LogP contribution in [0.15, 0.2) is 60.0 Å². The number of hydrogen-bond acceptors (Lipinski definition) is 5. The highest BCUT2D eigenvalue weighted by Crippen LogP contribution is 2.30. The molecule has 0 radical (unpaired) electrons. The summed E-state index contributed by atoms with van der Waals surface area (Å²) in [7, 11) is 1.72. The maximum Gasteiger partial charge on any atom is 0.317 e. The number of thiophene rings is 1. The van der Waals surface area contributed by atoms with Gasteiger partial charge in [-0.05, 0) is 53.7 Å². The van der Waals surface area contributed by atoms with Gasteiger partial charge in [-0.1, -0.05) is 43.3 Å². The summed E-state index contributed by atoms with van der Waals surface area (Å²) in [6.45, 7) is 2.79. The van der Waals surface area contributed by atoms with Crippen LogP contribution >= 0.6 is 11.3 Å². The van der Waals surface area contributed by atoms with Crippen molar-refractivity contribution in [3.05, 3.63) is 76.0 Å². The number of carbonyl (C=O) groups excluding carboxylic acids is 1. The van der Waals surface area contributed by atoms with E-state index in [1.165, 1.54) is 16.9 Å². The van der Waals surface area contributed by atoms with Gasteiger partial charge in [-0.2, -0.15) is 0 Å². The Kier molecular flexibility index (Phi) is 7.38. The quantitative estimate of drug-likeness (QED) is 0.483. The first-order chi connectivity index (χ1) is 14.5. The third kappa shape index (κ3) is 5.55. The number of benzene rings is 2. The molecule has 0 aliphatic rings. The third-order valence-corrected chi connectivity index (χ3v) is 5.67. The van der Waals surface area contributed by atoms with Crippen LogP contribution < -0.4 is 4.74 Å². The van der Waals surface area contributed by atoms with E-state index < -0.39 is 5.97 Å². The van der Waals surface area contributed by atoms with Crippen molar-refractivity contribution in [1.82, 2.24) is 4.90 Å². The molecule has 30 heavy (non-hydrogen) atoms. The standard InChI is InChI=1S/C24H25NO4S/c1-3-17-6-8-18(9-7-17)19-10-11-21(29-13-12-25(2)16-23(26)27)20(15-19)24(28)22-5-4-14-30-22/h4-11,14-15H,3,12-13,16H2,1-2H3,(H,26,27). The van der Waals surface area contributed by atoms with Gasteiger partial charge < -0.3 is 9.84 Å². The zero-order valence-corrected chi connectivity index (χ0v) is 17.9. The fourth-order valence-corrected chi connectivity index (χ4v) is 3.79. The van der Waals surface area contributed by atoms with Crippen LogP contribution in [0.3, 0.4) is 0 Å². The molecule has 3 aromatic rings. The van der Waals surface area contributed by atoms with Crippen LogP contribution in [0.4, 0.5) is 0 Å². The van der Waals surface area contributed by atoms with Crippen LogP contribution in [0.2, 0.25) is 0 Å². The minimum absolute atomic E-state index is 0.0585. The molecular formula is C24H25NO4S. The lowest BCUT2D eigenvalue weighted by Crippen LogP contribution is -2.29. The van der Waals surface area contributed by atoms with Crippen LogP contribution in [0, 0.1) is 0 Å². The van der Waals surface area contributed by atoms with Crippen molar-refractivity contribution in [3.8, 4) is 16.9 Å². The zero-order valence-electron chi connectivity index (χ0n) is 17.1. The molecule has 156 valence electrons. The van der Waals surface area contributed by atoms with Crippen LogP contribution in [0.1, 0.15) is 27.7 Å². The summed E-state index contributed by atoms with van der Waals surface area (Å²) < 4.78 is 5.89. The molecule has 1 heterocycles. The van der Waals surface area contributed by atoms with Gasteiger partial charge in [-0.3, -0.25) is 14.5 Å². The molecule has 0 aliphatic heterocycles. The van der Waals surface area contributed by atoms with Crippen molar-refractivity contribution in [3.63, 3.8) is 0 Å². The Bertz CT molecular complexity index is 997. The van der Waals surface area contributed by atoms with E-state index in [0.717, 1.165) is 17.5 Å². The third-order valence-electron chi connectivity index (χ3n) is 4.80. The number of carbonyl (C=O) groups is 2. The number of ether oxygens (including phenoxy) is 1. The molecule has 1 aromatic heterocycles. The van der Waals surface area contributed by atoms with Crippen molar-refractivity contribution >= 4 is 23.1 Å². The Hall–Kier alpha value is -2.96. The molecule has 0 bridgehead atoms. The Labute approximate surface area is 180 Å². The smallest absolute Gasteiger partial charge is 0.317 e. The van der Waals surface area contributed by atoms with Crippen molar-refractivity contribution in [1.29, 1.82) is 0 Å². The van der Waals surface area contributed by atoms with Gasteiger partial charge in [-0.15, -0.1) is 11.3 Å². The molecule has 0 fully saturated rings. The Morgan fingerprint density at radius 3 is 2.43 bits per heavy atom. The maximum absolute atomic E-state index is 13.1. The minimum atomic E-state index is -0.885. The summed E-state index contributed by atoms with van der Waals surface area (Å²) in [5.74, 6) is -0.457. The highest BCUT2D eigenvalue weighted by molar-refractivity contribution is 7.12. The number of carboxylic acids is 1. The molecule has 5 nitrogen and oxygen atoms in total. The normalized spacial score (nSPS) is 10.9. The molecule has 0 saturated carbocycles. The van der Waals surface area contributed by atoms with E-state index in [0.29, 0.717) is 29.3 Å². The first-order valence-electron chi connectivity index (χ1n) is 9.82. The number of ketones is 1. The number of likely N-dealkylation sites (N-methyl/N-ethyl adjacent to an activating group) is 1. The zero-order chi connectivity index (χ0) is 21.5. The highest BCUT2D eigenvalue weighted by Gasteiger charge is 2.17. The Morgan fingerprint density at radius 2 is 1.80 bits per heavy atom. The van der Waals surface area contributed by atoms with E-state index in [9.17, 15) is 9.59 Å². The molecule has 1 N–H and O–H groups in total. The fraction of sp³-hybridized carbons (Fsp3) is 0.250. The summed E-state index contributed by atoms with van der Waals surface area (Å²) in [4.78, 5) is 26.2. The average Bonchev–Trinajstić information content (AvgIpc) is 3.28. The number of aliphatic carboxylic acids is 1. The molecule has 3 rings (SSSR count). The van der Waals surface area contributed by atoms with Crippen LogP contribution in [0.25, 0.3) is 11.1 Å². The van der Waals surface area contributed by atoms with E-state index in [4.69, 9.17) is 9.84 Å². The molecule has 0 amide bonds. The Balaban J connectivity index is 1.85. The summed E-state index contributed by atoms with van der Waals surface area (Å²) >= 11 is 1.40. The molecule has 0 saturated heterocycles. The second kappa shape index (κ2) is 10.2. The number of hydrogen-bond donors (Lipinski definition) is 1. The van der Waals surface area contributed by atoms with Crippen LogP contribution in [0.5, 0.6) is 5.75 Å². The van der Waals surface area contributed by atoms with Gasteiger partial charge in [0.1, 0.15) is 12.4 Å². The molecule has 0 unspecified atom stereocenters. The SMILES string of the molecule is CCc1ccc(-c2ccc(OCCN(C)CC(=O)O)c(C(=O)c3cccs3)c2)cc1. The number of nitrogens with zero attached hydrogens (tertiary/aromatic N) is 1. The predicted octanol–water partition coefficient (Wildman–Crippen LogP) is 4.60. The van der Waals surface area contributed by atoms with E-state index in [-0.39, 0.29) is 12.3 Å². The number of carboxylic acid groups (broad SMARTS) is 1. The van der Waals surface area contributed by atoms with Gasteiger partial charge in [0.25, 0.3) is 0 Å². The summed E-state index contributed by atoms with van der Waals surface area (Å²) in [5, 5.41) is 10.7. The number of rotatable bonds is 10. The highest BCUT2D eigenvalue weighted by atomic mass is 32.1. The van der Waals surface area contributed by atoms with Gasteiger partial charge in [0, 0.05) is 6.54 Å². The molecule has 0 spiro atoms. The fourth-order valence-electron chi connectivity index (χ4n) is 3.11. The van der Waals surface area contributed by atoms with Gasteiger partial charge >= 0.3 is 5.97 Å². The summed E-state index contributed by atoms with van der Waals surface area (Å²) in [6, 6.07) is 17.6. The van der Waals surface area contributed by atoms with Crippen molar-refractivity contribution in [2.75, 3.05) is 26.7 Å². The van der Waals surface area contributed by atoms with Gasteiger partial charge in [-0.25, -0.2) is 0 Å². The molecule has 0 aliphatic carbocycles. The summed E-state index contributed by atoms with van der Waals surface area (Å²) in [6.07, 6.45) is 0.978. The molecule has 6 heteroatoms. The first-order valence-corrected chi connectivity index (χ1v) is 10.7. The van der Waals surface area contributed by atoms with Crippen molar-refractivity contribution < 1.29 is 19.4 Å². The van der Waals surface area contributed by atoms with Crippen LogP contribution in [-0.2, 0) is 11.2 Å². The topological polar surface area (TPSA) is 66.8 Å². The largest absolute Gasteiger partial charge is 0.491 e. The lowest BCUT2D eigenvalue weighted by atomic mass is 9.98. The van der Waals surface area contributed by atoms with Crippen molar-refractivity contribution in [2.24, 2.45) is 0 Å². The first kappa shape index (κ1) is 21.7. The maximum atomic E-state index is 13.1. The van der Waals surface area contributed by atoms with Crippen molar-refractivity contribution in [2.45, 2.75) is 13.3 Å². The summed E-state index contributed by atoms with van der Waals surface area (Å²) in [5.41, 5.74) is 3.77.